The molecule has 0 aromatic heterocycles. The molecule has 10 heavy (non-hydrogen) atoms. The Morgan fingerprint density at radius 1 is 1.80 bits per heavy atom. The zero-order valence-corrected chi connectivity index (χ0v) is 6.04. The lowest BCUT2D eigenvalue weighted by Gasteiger charge is -1.81. The fourth-order valence-corrected chi connectivity index (χ4v) is 0.640. The van der Waals surface area contributed by atoms with E-state index >= 15 is 0 Å². The molecule has 0 saturated heterocycles. The molecule has 0 rings (SSSR count). The highest BCUT2D eigenvalue weighted by atomic mass is 31.1. The summed E-state index contributed by atoms with van der Waals surface area (Å²) in [6, 6.07) is 0. The maximum atomic E-state index is 10.4. The van der Waals surface area contributed by atoms with E-state index in [4.69, 9.17) is 0 Å². The first kappa shape index (κ1) is 9.07. The van der Waals surface area contributed by atoms with Crippen LogP contribution in [0.5, 0.6) is 0 Å². The second kappa shape index (κ2) is 4.90. The molecule has 0 aliphatic rings. The van der Waals surface area contributed by atoms with Crippen molar-refractivity contribution >= 4 is 14.3 Å². The topological polar surface area (TPSA) is 78.6 Å². The monoisotopic (exact) mass is 164 g/mol. The van der Waals surface area contributed by atoms with Gasteiger partial charge in [0, 0.05) is 4.57 Å². The molecule has 1 atom stereocenters. The molecule has 0 bridgehead atoms. The van der Waals surface area contributed by atoms with Crippen molar-refractivity contribution in [3.8, 4) is 0 Å². The quantitative estimate of drug-likeness (QED) is 0.495. The van der Waals surface area contributed by atoms with Crippen LogP contribution in [0.25, 0.3) is 0 Å². The molecule has 56 valence electrons. The van der Waals surface area contributed by atoms with Crippen molar-refractivity contribution < 1.29 is 18.4 Å². The van der Waals surface area contributed by atoms with Crippen LogP contribution in [0, 0.1) is 0 Å². The van der Waals surface area contributed by atoms with Gasteiger partial charge < -0.3 is 5.73 Å². The number of nitrogens with two attached hydrogens (primary N) is 1. The van der Waals surface area contributed by atoms with Crippen LogP contribution >= 0.6 is 8.25 Å². The first-order chi connectivity index (χ1) is 4.66. The van der Waals surface area contributed by atoms with Gasteiger partial charge in [-0.15, -0.1) is 11.1 Å². The SMILES string of the molecule is C=CCO[P+](=O)OC(N)=O. The summed E-state index contributed by atoms with van der Waals surface area (Å²) in [5.41, 5.74) is 4.51. The molecule has 6 heteroatoms. The Hall–Kier alpha value is -0.930. The van der Waals surface area contributed by atoms with E-state index in [1.165, 1.54) is 6.08 Å². The van der Waals surface area contributed by atoms with Gasteiger partial charge in [-0.3, -0.25) is 0 Å². The van der Waals surface area contributed by atoms with Crippen LogP contribution in [-0.4, -0.2) is 12.7 Å². The van der Waals surface area contributed by atoms with Crippen LogP contribution in [0.15, 0.2) is 12.7 Å². The van der Waals surface area contributed by atoms with E-state index in [1.807, 2.05) is 0 Å². The lowest BCUT2D eigenvalue weighted by atomic mass is 10.7. The minimum absolute atomic E-state index is 0.0580. The van der Waals surface area contributed by atoms with Gasteiger partial charge in [0.15, 0.2) is 0 Å². The summed E-state index contributed by atoms with van der Waals surface area (Å²) < 4.78 is 18.7. The van der Waals surface area contributed by atoms with E-state index in [1.54, 1.807) is 0 Å². The van der Waals surface area contributed by atoms with Crippen molar-refractivity contribution in [1.29, 1.82) is 0 Å². The Morgan fingerprint density at radius 2 is 2.40 bits per heavy atom. The average Bonchev–Trinajstić information content (AvgIpc) is 1.82. The summed E-state index contributed by atoms with van der Waals surface area (Å²) in [5.74, 6) is 0. The van der Waals surface area contributed by atoms with E-state index in [2.05, 4.69) is 21.4 Å². The van der Waals surface area contributed by atoms with E-state index in [-0.39, 0.29) is 6.61 Å². The van der Waals surface area contributed by atoms with Crippen molar-refractivity contribution in [2.75, 3.05) is 6.61 Å². The van der Waals surface area contributed by atoms with Gasteiger partial charge in [-0.1, -0.05) is 6.08 Å². The lowest BCUT2D eigenvalue weighted by Crippen LogP contribution is -2.08. The third kappa shape index (κ3) is 5.21. The highest BCUT2D eigenvalue weighted by molar-refractivity contribution is 7.34. The summed E-state index contributed by atoms with van der Waals surface area (Å²) in [6.45, 7) is 3.34. The smallest absolute Gasteiger partial charge is 0.331 e. The molecular weight excluding hydrogens is 157 g/mol. The van der Waals surface area contributed by atoms with Crippen LogP contribution in [0.3, 0.4) is 0 Å². The van der Waals surface area contributed by atoms with E-state index in [0.29, 0.717) is 0 Å². The molecule has 0 heterocycles. The molecule has 0 radical (unpaired) electrons. The third-order valence-electron chi connectivity index (χ3n) is 0.462. The number of hydrogen-bond donors (Lipinski definition) is 1. The summed E-state index contributed by atoms with van der Waals surface area (Å²) in [7, 11) is -2.42. The van der Waals surface area contributed by atoms with Gasteiger partial charge in [0.1, 0.15) is 6.61 Å². The number of rotatable bonds is 4. The van der Waals surface area contributed by atoms with Gasteiger partial charge >= 0.3 is 14.3 Å². The Labute approximate surface area is 58.8 Å². The summed E-state index contributed by atoms with van der Waals surface area (Å²) in [6.07, 6.45) is 0.252. The molecule has 5 nitrogen and oxygen atoms in total. The van der Waals surface area contributed by atoms with Crippen molar-refractivity contribution in [3.63, 3.8) is 0 Å². The average molecular weight is 164 g/mol. The number of carbonyl (C=O) groups excluding carboxylic acids is 1. The van der Waals surface area contributed by atoms with Crippen molar-refractivity contribution in [3.05, 3.63) is 12.7 Å². The summed E-state index contributed by atoms with van der Waals surface area (Å²) >= 11 is 0. The van der Waals surface area contributed by atoms with Crippen LogP contribution in [-0.2, 0) is 13.6 Å². The van der Waals surface area contributed by atoms with Gasteiger partial charge in [0.05, 0.1) is 0 Å². The fraction of sp³-hybridized carbons (Fsp3) is 0.250. The summed E-state index contributed by atoms with van der Waals surface area (Å²) in [4.78, 5) is 9.88. The summed E-state index contributed by atoms with van der Waals surface area (Å²) in [5, 5.41) is 0. The highest BCUT2D eigenvalue weighted by Crippen LogP contribution is 2.22. The van der Waals surface area contributed by atoms with Crippen molar-refractivity contribution in [2.45, 2.75) is 0 Å². The standard InChI is InChI=1S/C4H6NO4P/c1-2-3-8-10(7)9-4(5)6/h2H,1,3H2,(H-,5,6)/p+1. The number of carbonyl (C=O) groups is 1. The molecule has 0 aliphatic heterocycles. The number of hydrogen-bond acceptors (Lipinski definition) is 4. The van der Waals surface area contributed by atoms with E-state index in [0.717, 1.165) is 0 Å². The van der Waals surface area contributed by atoms with E-state index < -0.39 is 14.3 Å². The van der Waals surface area contributed by atoms with Crippen LogP contribution in [0.2, 0.25) is 0 Å². The lowest BCUT2D eigenvalue weighted by molar-refractivity contribution is 0.201. The highest BCUT2D eigenvalue weighted by Gasteiger charge is 2.23. The molecule has 1 amide bonds. The van der Waals surface area contributed by atoms with Gasteiger partial charge in [0.2, 0.25) is 0 Å². The molecule has 0 fully saturated rings. The Kier molecular flexibility index (Phi) is 4.45. The third-order valence-corrected chi connectivity index (χ3v) is 1.15. The molecule has 0 aromatic rings. The largest absolute Gasteiger partial charge is 0.755 e. The Morgan fingerprint density at radius 3 is 2.80 bits per heavy atom. The maximum Gasteiger partial charge on any atom is 0.755 e. The normalized spacial score (nSPS) is 10.2. The molecular formula is C4H7NO4P+. The first-order valence-corrected chi connectivity index (χ1v) is 3.45. The van der Waals surface area contributed by atoms with E-state index in [9.17, 15) is 9.36 Å². The number of amides is 1. The van der Waals surface area contributed by atoms with Gasteiger partial charge in [-0.2, -0.15) is 4.52 Å². The predicted molar refractivity (Wildman–Crippen MR) is 34.4 cm³/mol. The molecule has 0 spiro atoms. The van der Waals surface area contributed by atoms with Crippen LogP contribution in [0.1, 0.15) is 0 Å². The minimum atomic E-state index is -2.42. The van der Waals surface area contributed by atoms with Gasteiger partial charge in [-0.25, -0.2) is 4.79 Å². The first-order valence-electron chi connectivity index (χ1n) is 2.35. The maximum absolute atomic E-state index is 10.4. The van der Waals surface area contributed by atoms with Gasteiger partial charge in [0.25, 0.3) is 0 Å². The van der Waals surface area contributed by atoms with Crippen molar-refractivity contribution in [2.24, 2.45) is 5.73 Å². The Bertz CT molecular complexity index is 157. The van der Waals surface area contributed by atoms with Crippen molar-refractivity contribution in [1.82, 2.24) is 0 Å². The second-order valence-electron chi connectivity index (χ2n) is 1.22. The molecule has 2 N–H and O–H groups in total. The van der Waals surface area contributed by atoms with Crippen LogP contribution < -0.4 is 5.73 Å². The second-order valence-corrected chi connectivity index (χ2v) is 2.11. The van der Waals surface area contributed by atoms with Gasteiger partial charge in [-0.05, 0) is 0 Å². The minimum Gasteiger partial charge on any atom is -0.331 e. The molecule has 0 saturated carbocycles. The zero-order chi connectivity index (χ0) is 7.98. The molecule has 0 aliphatic carbocycles. The molecule has 0 aromatic carbocycles. The Balaban J connectivity index is 3.43. The fourth-order valence-electron chi connectivity index (χ4n) is 0.213. The predicted octanol–water partition coefficient (Wildman–Crippen LogP) is 0.942. The van der Waals surface area contributed by atoms with Crippen LogP contribution in [0.4, 0.5) is 4.79 Å². The number of primary amides is 1. The zero-order valence-electron chi connectivity index (χ0n) is 5.15. The molecule has 1 unspecified atom stereocenters.